The zero-order valence-electron chi connectivity index (χ0n) is 12.4. The zero-order valence-corrected chi connectivity index (χ0v) is 14.1. The first-order chi connectivity index (χ1) is 9.90. The summed E-state index contributed by atoms with van der Waals surface area (Å²) < 4.78 is 26.4. The van der Waals surface area contributed by atoms with Crippen LogP contribution in [0, 0.1) is 5.92 Å². The Morgan fingerprint density at radius 1 is 1.33 bits per heavy atom. The Morgan fingerprint density at radius 2 is 2.00 bits per heavy atom. The molecule has 1 unspecified atom stereocenters. The van der Waals surface area contributed by atoms with Gasteiger partial charge in [0.25, 0.3) is 0 Å². The van der Waals surface area contributed by atoms with Crippen molar-refractivity contribution in [2.45, 2.75) is 30.6 Å². The van der Waals surface area contributed by atoms with Gasteiger partial charge in [-0.3, -0.25) is 4.79 Å². The van der Waals surface area contributed by atoms with Crippen molar-refractivity contribution in [1.82, 2.24) is 4.31 Å². The van der Waals surface area contributed by atoms with Gasteiger partial charge in [-0.2, -0.15) is 4.31 Å². The molecule has 0 radical (unpaired) electrons. The number of hydrogen-bond acceptors (Lipinski definition) is 4. The van der Waals surface area contributed by atoms with E-state index in [2.05, 4.69) is 5.32 Å². The van der Waals surface area contributed by atoms with Crippen LogP contribution in [-0.2, 0) is 14.8 Å². The molecule has 1 aromatic carbocycles. The number of rotatable bonds is 4. The van der Waals surface area contributed by atoms with Crippen LogP contribution in [0.2, 0.25) is 0 Å². The molecule has 0 aromatic heterocycles. The fourth-order valence-corrected chi connectivity index (χ4v) is 4.65. The average molecular weight is 328 g/mol. The molecule has 1 aliphatic heterocycles. The van der Waals surface area contributed by atoms with Crippen LogP contribution < -0.4 is 5.32 Å². The van der Waals surface area contributed by atoms with Crippen molar-refractivity contribution < 1.29 is 13.2 Å². The van der Waals surface area contributed by atoms with Gasteiger partial charge in [0.05, 0.1) is 10.6 Å². The quantitative estimate of drug-likeness (QED) is 0.921. The molecule has 1 amide bonds. The number of nitrogens with zero attached hydrogens (tertiary/aromatic N) is 1. The summed E-state index contributed by atoms with van der Waals surface area (Å²) in [6, 6.07) is 4.95. The second-order valence-electron chi connectivity index (χ2n) is 4.95. The monoisotopic (exact) mass is 328 g/mol. The third-order valence-electron chi connectivity index (χ3n) is 3.49. The summed E-state index contributed by atoms with van der Waals surface area (Å²) in [4.78, 5) is 13.0. The number of benzene rings is 1. The molecule has 0 spiro atoms. The van der Waals surface area contributed by atoms with Crippen molar-refractivity contribution in [3.63, 3.8) is 0 Å². The molecule has 1 heterocycles. The molecule has 1 N–H and O–H groups in total. The third-order valence-corrected chi connectivity index (χ3v) is 6.87. The summed E-state index contributed by atoms with van der Waals surface area (Å²) in [6.07, 6.45) is 0. The van der Waals surface area contributed by atoms with Gasteiger partial charge in [0.1, 0.15) is 0 Å². The van der Waals surface area contributed by atoms with Crippen molar-refractivity contribution in [2.24, 2.45) is 5.92 Å². The lowest BCUT2D eigenvalue weighted by Gasteiger charge is -2.19. The summed E-state index contributed by atoms with van der Waals surface area (Å²) in [6.45, 7) is 6.33. The lowest BCUT2D eigenvalue weighted by Crippen LogP contribution is -2.30. The van der Waals surface area contributed by atoms with E-state index >= 15 is 0 Å². The van der Waals surface area contributed by atoms with E-state index in [0.717, 1.165) is 4.90 Å². The predicted octanol–water partition coefficient (Wildman–Crippen LogP) is 2.40. The number of nitrogens with one attached hydrogen (secondary N) is 1. The van der Waals surface area contributed by atoms with Crippen molar-refractivity contribution in [2.75, 3.05) is 24.2 Å². The molecular formula is C14H20N2O3S2. The number of sulfonamides is 1. The molecule has 0 aliphatic carbocycles. The molecule has 1 atom stereocenters. The van der Waals surface area contributed by atoms with Gasteiger partial charge in [-0.1, -0.05) is 20.8 Å². The fraction of sp³-hybridized carbons (Fsp3) is 0.500. The Bertz CT molecular complexity index is 640. The van der Waals surface area contributed by atoms with Gasteiger partial charge in [-0.25, -0.2) is 8.42 Å². The van der Waals surface area contributed by atoms with E-state index in [4.69, 9.17) is 0 Å². The highest BCUT2D eigenvalue weighted by Crippen LogP contribution is 2.34. The van der Waals surface area contributed by atoms with Crippen LogP contribution in [0.25, 0.3) is 0 Å². The van der Waals surface area contributed by atoms with Crippen molar-refractivity contribution >= 4 is 33.4 Å². The highest BCUT2D eigenvalue weighted by Gasteiger charge is 2.25. The van der Waals surface area contributed by atoms with Crippen LogP contribution in [0.5, 0.6) is 0 Å². The molecule has 5 nitrogen and oxygen atoms in total. The maximum Gasteiger partial charge on any atom is 0.243 e. The first-order valence-corrected chi connectivity index (χ1v) is 9.40. The zero-order chi connectivity index (χ0) is 15.6. The average Bonchev–Trinajstić information content (AvgIpc) is 2.59. The summed E-state index contributed by atoms with van der Waals surface area (Å²) in [5.41, 5.74) is 0.586. The van der Waals surface area contributed by atoms with Gasteiger partial charge < -0.3 is 5.32 Å². The van der Waals surface area contributed by atoms with E-state index in [-0.39, 0.29) is 16.7 Å². The number of hydrogen-bond donors (Lipinski definition) is 1. The Morgan fingerprint density at radius 3 is 2.62 bits per heavy atom. The summed E-state index contributed by atoms with van der Waals surface area (Å²) in [5, 5.41) is 2.82. The molecule has 7 heteroatoms. The van der Waals surface area contributed by atoms with Crippen molar-refractivity contribution in [3.05, 3.63) is 18.2 Å². The van der Waals surface area contributed by atoms with Gasteiger partial charge in [-0.05, 0) is 18.2 Å². The second-order valence-corrected chi connectivity index (χ2v) is 7.95. The normalized spacial score (nSPS) is 19.0. The molecule has 1 aliphatic rings. The van der Waals surface area contributed by atoms with Gasteiger partial charge in [-0.15, -0.1) is 11.8 Å². The van der Waals surface area contributed by atoms with Crippen LogP contribution in [0.3, 0.4) is 0 Å². The predicted molar refractivity (Wildman–Crippen MR) is 85.1 cm³/mol. The minimum atomic E-state index is -3.50. The van der Waals surface area contributed by atoms with Gasteiger partial charge in [0, 0.05) is 29.7 Å². The Kier molecular flexibility index (Phi) is 4.95. The van der Waals surface area contributed by atoms with E-state index in [1.165, 1.54) is 4.31 Å². The van der Waals surface area contributed by atoms with E-state index in [1.54, 1.807) is 30.0 Å². The van der Waals surface area contributed by atoms with Crippen LogP contribution in [0.15, 0.2) is 28.0 Å². The van der Waals surface area contributed by atoms with Crippen LogP contribution in [-0.4, -0.2) is 37.5 Å². The molecule has 21 heavy (non-hydrogen) atoms. The third kappa shape index (κ3) is 3.25. The molecule has 0 fully saturated rings. The molecule has 0 saturated heterocycles. The van der Waals surface area contributed by atoms with Gasteiger partial charge >= 0.3 is 0 Å². The maximum absolute atomic E-state index is 12.5. The number of amides is 1. The lowest BCUT2D eigenvalue weighted by atomic mass is 10.2. The fourth-order valence-electron chi connectivity index (χ4n) is 2.15. The van der Waals surface area contributed by atoms with Crippen molar-refractivity contribution in [3.8, 4) is 0 Å². The number of anilines is 1. The second kappa shape index (κ2) is 6.37. The standard InChI is InChI=1S/C14H20N2O3S2/c1-4-16(5-2)21(18,19)11-6-7-13-12(8-11)15-14(17)10(3)9-20-13/h6-8,10H,4-5,9H2,1-3H3,(H,15,17). The molecule has 0 saturated carbocycles. The molecule has 0 bridgehead atoms. The highest BCUT2D eigenvalue weighted by molar-refractivity contribution is 7.99. The summed E-state index contributed by atoms with van der Waals surface area (Å²) >= 11 is 1.57. The Hall–Kier alpha value is -1.05. The largest absolute Gasteiger partial charge is 0.325 e. The first kappa shape index (κ1) is 16.3. The van der Waals surface area contributed by atoms with Crippen molar-refractivity contribution in [1.29, 1.82) is 0 Å². The lowest BCUT2D eigenvalue weighted by molar-refractivity contribution is -0.118. The molecule has 116 valence electrons. The van der Waals surface area contributed by atoms with E-state index in [9.17, 15) is 13.2 Å². The van der Waals surface area contributed by atoms with Crippen LogP contribution in [0.4, 0.5) is 5.69 Å². The smallest absolute Gasteiger partial charge is 0.243 e. The molecule has 1 aromatic rings. The minimum absolute atomic E-state index is 0.0707. The number of thioether (sulfide) groups is 1. The van der Waals surface area contributed by atoms with E-state index in [0.29, 0.717) is 24.5 Å². The topological polar surface area (TPSA) is 66.5 Å². The molecular weight excluding hydrogens is 308 g/mol. The first-order valence-electron chi connectivity index (χ1n) is 6.98. The van der Waals surface area contributed by atoms with Gasteiger partial charge in [0.2, 0.25) is 15.9 Å². The van der Waals surface area contributed by atoms with Crippen LogP contribution >= 0.6 is 11.8 Å². The SMILES string of the molecule is CCN(CC)S(=O)(=O)c1ccc2c(c1)NC(=O)C(C)CS2. The Balaban J connectivity index is 2.42. The Labute approximate surface area is 130 Å². The van der Waals surface area contributed by atoms with E-state index < -0.39 is 10.0 Å². The highest BCUT2D eigenvalue weighted by atomic mass is 32.2. The van der Waals surface area contributed by atoms with Crippen LogP contribution in [0.1, 0.15) is 20.8 Å². The summed E-state index contributed by atoms with van der Waals surface area (Å²) in [5.74, 6) is 0.532. The minimum Gasteiger partial charge on any atom is -0.325 e. The number of carbonyl (C=O) groups excluding carboxylic acids is 1. The maximum atomic E-state index is 12.5. The number of fused-ring (bicyclic) bond motifs is 1. The van der Waals surface area contributed by atoms with Gasteiger partial charge in [0.15, 0.2) is 0 Å². The van der Waals surface area contributed by atoms with E-state index in [1.807, 2.05) is 20.8 Å². The number of carbonyl (C=O) groups is 1. The summed E-state index contributed by atoms with van der Waals surface area (Å²) in [7, 11) is -3.50. The molecule has 2 rings (SSSR count).